The van der Waals surface area contributed by atoms with Crippen molar-refractivity contribution in [2.24, 2.45) is 5.41 Å². The summed E-state index contributed by atoms with van der Waals surface area (Å²) < 4.78 is 17.3. The number of hydrogen-bond donors (Lipinski definition) is 1. The summed E-state index contributed by atoms with van der Waals surface area (Å²) in [5, 5.41) is 3.05. The Morgan fingerprint density at radius 1 is 0.971 bits per heavy atom. The molecule has 0 saturated carbocycles. The number of carbonyl (C=O) groups excluding carboxylic acids is 2. The van der Waals surface area contributed by atoms with Crippen LogP contribution in [0.2, 0.25) is 0 Å². The van der Waals surface area contributed by atoms with Crippen molar-refractivity contribution in [1.29, 1.82) is 0 Å². The fraction of sp³-hybridized carbons (Fsp3) is 0.481. The van der Waals surface area contributed by atoms with E-state index in [1.165, 1.54) is 0 Å². The average Bonchev–Trinajstić information content (AvgIpc) is 2.84. The van der Waals surface area contributed by atoms with Crippen molar-refractivity contribution < 1.29 is 23.8 Å². The van der Waals surface area contributed by atoms with Gasteiger partial charge in [-0.2, -0.15) is 0 Å². The third kappa shape index (κ3) is 6.01. The van der Waals surface area contributed by atoms with Crippen LogP contribution >= 0.6 is 0 Å². The van der Waals surface area contributed by atoms with E-state index in [1.54, 1.807) is 17.0 Å². The lowest BCUT2D eigenvalue weighted by Crippen LogP contribution is -2.51. The predicted molar refractivity (Wildman–Crippen MR) is 131 cm³/mol. The highest BCUT2D eigenvalue weighted by Crippen LogP contribution is 2.40. The normalized spacial score (nSPS) is 17.7. The van der Waals surface area contributed by atoms with Gasteiger partial charge in [0.2, 0.25) is 11.7 Å². The third-order valence-electron chi connectivity index (χ3n) is 5.98. The maximum Gasteiger partial charge on any atom is 0.254 e. The van der Waals surface area contributed by atoms with E-state index < -0.39 is 5.41 Å². The van der Waals surface area contributed by atoms with Crippen molar-refractivity contribution in [3.63, 3.8) is 0 Å². The number of hydrogen-bond acceptors (Lipinski definition) is 5. The molecule has 2 aromatic carbocycles. The van der Waals surface area contributed by atoms with Crippen LogP contribution in [-0.4, -0.2) is 49.6 Å². The standard InChI is InChI=1S/C27H36N2O5/c1-5-32-22-16-21(17-23(33-6-2)24(22)34-7-3)25(30)29-15-11-14-27(4,19-29)26(31)28-18-20-12-9-8-10-13-20/h8-10,12-13,16-17H,5-7,11,14-15,18-19H2,1-4H3,(H,28,31)/t27-/m0/s1. The topological polar surface area (TPSA) is 77.1 Å². The lowest BCUT2D eigenvalue weighted by Gasteiger charge is -2.39. The highest BCUT2D eigenvalue weighted by molar-refractivity contribution is 5.96. The molecule has 34 heavy (non-hydrogen) atoms. The molecule has 1 heterocycles. The van der Waals surface area contributed by atoms with Crippen molar-refractivity contribution in [3.05, 3.63) is 53.6 Å². The summed E-state index contributed by atoms with van der Waals surface area (Å²) in [4.78, 5) is 28.4. The van der Waals surface area contributed by atoms with Gasteiger partial charge >= 0.3 is 0 Å². The van der Waals surface area contributed by atoms with Crippen LogP contribution < -0.4 is 19.5 Å². The highest BCUT2D eigenvalue weighted by atomic mass is 16.5. The van der Waals surface area contributed by atoms with Crippen LogP contribution in [0.5, 0.6) is 17.2 Å². The summed E-state index contributed by atoms with van der Waals surface area (Å²) in [5.74, 6) is 1.29. The van der Waals surface area contributed by atoms with Gasteiger partial charge in [-0.25, -0.2) is 0 Å². The first kappa shape index (κ1) is 25.4. The molecule has 184 valence electrons. The summed E-state index contributed by atoms with van der Waals surface area (Å²) in [5.41, 5.74) is 0.855. The molecule has 1 fully saturated rings. The van der Waals surface area contributed by atoms with E-state index in [4.69, 9.17) is 14.2 Å². The van der Waals surface area contributed by atoms with Gasteiger partial charge in [-0.1, -0.05) is 30.3 Å². The van der Waals surface area contributed by atoms with Gasteiger partial charge in [-0.15, -0.1) is 0 Å². The molecule has 7 heteroatoms. The maximum atomic E-state index is 13.5. The Labute approximate surface area is 202 Å². The maximum absolute atomic E-state index is 13.5. The molecule has 1 aliphatic heterocycles. The van der Waals surface area contributed by atoms with Crippen molar-refractivity contribution in [2.45, 2.75) is 47.1 Å². The monoisotopic (exact) mass is 468 g/mol. The van der Waals surface area contributed by atoms with Gasteiger partial charge < -0.3 is 24.4 Å². The third-order valence-corrected chi connectivity index (χ3v) is 5.98. The summed E-state index contributed by atoms with van der Waals surface area (Å²) in [6, 6.07) is 13.2. The Hall–Kier alpha value is -3.22. The largest absolute Gasteiger partial charge is 0.490 e. The summed E-state index contributed by atoms with van der Waals surface area (Å²) in [7, 11) is 0. The second kappa shape index (κ2) is 11.8. The van der Waals surface area contributed by atoms with Crippen molar-refractivity contribution >= 4 is 11.8 Å². The van der Waals surface area contributed by atoms with E-state index >= 15 is 0 Å². The van der Waals surface area contributed by atoms with E-state index in [1.807, 2.05) is 58.0 Å². The Kier molecular flexibility index (Phi) is 8.79. The Balaban J connectivity index is 1.78. The number of rotatable bonds is 10. The SMILES string of the molecule is CCOc1cc(C(=O)N2CCC[C@](C)(C(=O)NCc3ccccc3)C2)cc(OCC)c1OCC. The van der Waals surface area contributed by atoms with Gasteiger partial charge in [0.1, 0.15) is 0 Å². The first-order valence-corrected chi connectivity index (χ1v) is 12.1. The molecule has 1 N–H and O–H groups in total. The van der Waals surface area contributed by atoms with Crippen LogP contribution in [0.15, 0.2) is 42.5 Å². The van der Waals surface area contributed by atoms with Gasteiger partial charge in [0.25, 0.3) is 5.91 Å². The zero-order valence-electron chi connectivity index (χ0n) is 20.7. The lowest BCUT2D eigenvalue weighted by atomic mass is 9.80. The van der Waals surface area contributed by atoms with Gasteiger partial charge in [-0.3, -0.25) is 9.59 Å². The number of benzene rings is 2. The van der Waals surface area contributed by atoms with Gasteiger partial charge in [0, 0.05) is 25.2 Å². The average molecular weight is 469 g/mol. The molecule has 0 spiro atoms. The molecule has 0 bridgehead atoms. The van der Waals surface area contributed by atoms with E-state index in [0.717, 1.165) is 18.4 Å². The molecule has 2 aromatic rings. The van der Waals surface area contributed by atoms with Gasteiger partial charge in [0.15, 0.2) is 11.5 Å². The van der Waals surface area contributed by atoms with Crippen LogP contribution in [-0.2, 0) is 11.3 Å². The Morgan fingerprint density at radius 2 is 1.59 bits per heavy atom. The minimum absolute atomic E-state index is 0.0365. The molecule has 7 nitrogen and oxygen atoms in total. The number of ether oxygens (including phenoxy) is 3. The van der Waals surface area contributed by atoms with Gasteiger partial charge in [0.05, 0.1) is 25.2 Å². The highest BCUT2D eigenvalue weighted by Gasteiger charge is 2.39. The lowest BCUT2D eigenvalue weighted by molar-refractivity contribution is -0.132. The number of likely N-dealkylation sites (tertiary alicyclic amines) is 1. The number of nitrogens with zero attached hydrogens (tertiary/aromatic N) is 1. The molecule has 1 aliphatic rings. The molecule has 0 unspecified atom stereocenters. The summed E-state index contributed by atoms with van der Waals surface area (Å²) in [6.07, 6.45) is 1.49. The second-order valence-corrected chi connectivity index (χ2v) is 8.66. The van der Waals surface area contributed by atoms with E-state index in [-0.39, 0.29) is 11.8 Å². The van der Waals surface area contributed by atoms with Gasteiger partial charge in [-0.05, 0) is 58.2 Å². The summed E-state index contributed by atoms with van der Waals surface area (Å²) >= 11 is 0. The molecule has 0 radical (unpaired) electrons. The van der Waals surface area contributed by atoms with Crippen LogP contribution in [0.1, 0.15) is 56.5 Å². The van der Waals surface area contributed by atoms with Crippen molar-refractivity contribution in [1.82, 2.24) is 10.2 Å². The second-order valence-electron chi connectivity index (χ2n) is 8.66. The minimum atomic E-state index is -0.653. The van der Waals surface area contributed by atoms with Crippen molar-refractivity contribution in [3.8, 4) is 17.2 Å². The fourth-order valence-corrected chi connectivity index (χ4v) is 4.28. The molecular weight excluding hydrogens is 432 g/mol. The van der Waals surface area contributed by atoms with Crippen LogP contribution in [0, 0.1) is 5.41 Å². The van der Waals surface area contributed by atoms with Crippen LogP contribution in [0.25, 0.3) is 0 Å². The molecule has 2 amide bonds. The number of piperidine rings is 1. The minimum Gasteiger partial charge on any atom is -0.490 e. The first-order valence-electron chi connectivity index (χ1n) is 12.1. The Morgan fingerprint density at radius 3 is 2.18 bits per heavy atom. The molecule has 1 saturated heterocycles. The van der Waals surface area contributed by atoms with E-state index in [2.05, 4.69) is 5.32 Å². The number of carbonyl (C=O) groups is 2. The molecular formula is C27H36N2O5. The van der Waals surface area contributed by atoms with Crippen LogP contribution in [0.3, 0.4) is 0 Å². The molecule has 1 atom stereocenters. The van der Waals surface area contributed by atoms with Crippen LogP contribution in [0.4, 0.5) is 0 Å². The zero-order chi connectivity index (χ0) is 24.6. The zero-order valence-corrected chi connectivity index (χ0v) is 20.7. The quantitative estimate of drug-likeness (QED) is 0.558. The number of amides is 2. The summed E-state index contributed by atoms with van der Waals surface area (Å²) in [6.45, 7) is 10.3. The Bertz CT molecular complexity index is 951. The van der Waals surface area contributed by atoms with E-state index in [9.17, 15) is 9.59 Å². The van der Waals surface area contributed by atoms with E-state index in [0.29, 0.717) is 62.3 Å². The molecule has 0 aromatic heterocycles. The smallest absolute Gasteiger partial charge is 0.254 e. The fourth-order valence-electron chi connectivity index (χ4n) is 4.28. The molecule has 0 aliphatic carbocycles. The predicted octanol–water partition coefficient (Wildman–Crippen LogP) is 4.44. The van der Waals surface area contributed by atoms with Crippen molar-refractivity contribution in [2.75, 3.05) is 32.9 Å². The molecule has 3 rings (SSSR count). The number of nitrogens with one attached hydrogen (secondary N) is 1. The first-order chi connectivity index (χ1) is 16.4.